The Hall–Kier alpha value is -2.56. The molecule has 102 valence electrons. The number of methoxy groups -OCH3 is 1. The molecule has 0 spiro atoms. The van der Waals surface area contributed by atoms with Crippen molar-refractivity contribution in [1.29, 1.82) is 0 Å². The molecule has 5 nitrogen and oxygen atoms in total. The van der Waals surface area contributed by atoms with Gasteiger partial charge in [0.15, 0.2) is 6.10 Å². The molecular formula is C15H12O5. The van der Waals surface area contributed by atoms with Crippen LogP contribution in [0.4, 0.5) is 0 Å². The number of esters is 2. The maximum atomic E-state index is 12.1. The van der Waals surface area contributed by atoms with Crippen molar-refractivity contribution in [1.82, 2.24) is 0 Å². The molecule has 0 saturated heterocycles. The molecule has 0 aliphatic carbocycles. The summed E-state index contributed by atoms with van der Waals surface area (Å²) >= 11 is 0. The minimum Gasteiger partial charge on any atom is -0.468 e. The molecule has 0 saturated carbocycles. The number of cyclic esters (lactones) is 1. The molecule has 0 N–H and O–H groups in total. The van der Waals surface area contributed by atoms with E-state index in [0.29, 0.717) is 16.9 Å². The molecule has 2 heterocycles. The molecule has 1 aromatic carbocycles. The van der Waals surface area contributed by atoms with Crippen LogP contribution in [0.25, 0.3) is 0 Å². The monoisotopic (exact) mass is 272 g/mol. The lowest BCUT2D eigenvalue weighted by atomic mass is 9.86. The summed E-state index contributed by atoms with van der Waals surface area (Å²) in [6, 6.07) is 10.2. The molecule has 1 aliphatic heterocycles. The van der Waals surface area contributed by atoms with Crippen LogP contribution in [0.2, 0.25) is 0 Å². The van der Waals surface area contributed by atoms with Crippen LogP contribution in [-0.4, -0.2) is 19.0 Å². The van der Waals surface area contributed by atoms with Crippen LogP contribution in [0, 0.1) is 0 Å². The van der Waals surface area contributed by atoms with Gasteiger partial charge < -0.3 is 13.9 Å². The van der Waals surface area contributed by atoms with Crippen LogP contribution >= 0.6 is 0 Å². The van der Waals surface area contributed by atoms with E-state index < -0.39 is 24.0 Å². The molecule has 5 heteroatoms. The second-order valence-electron chi connectivity index (χ2n) is 4.43. The van der Waals surface area contributed by atoms with Crippen molar-refractivity contribution in [2.24, 2.45) is 0 Å². The summed E-state index contributed by atoms with van der Waals surface area (Å²) < 4.78 is 15.5. The average Bonchev–Trinajstić information content (AvgIpc) is 3.00. The predicted octanol–water partition coefficient (Wildman–Crippen LogP) is 2.45. The first-order chi connectivity index (χ1) is 9.72. The maximum absolute atomic E-state index is 12.1. The van der Waals surface area contributed by atoms with Crippen LogP contribution in [0.3, 0.4) is 0 Å². The van der Waals surface area contributed by atoms with Crippen LogP contribution in [0.15, 0.2) is 47.1 Å². The average molecular weight is 272 g/mol. The van der Waals surface area contributed by atoms with Gasteiger partial charge in [0, 0.05) is 0 Å². The molecule has 2 atom stereocenters. The van der Waals surface area contributed by atoms with E-state index >= 15 is 0 Å². The highest BCUT2D eigenvalue weighted by atomic mass is 16.6. The lowest BCUT2D eigenvalue weighted by Crippen LogP contribution is -2.31. The quantitative estimate of drug-likeness (QED) is 0.785. The Kier molecular flexibility index (Phi) is 3.02. The smallest absolute Gasteiger partial charge is 0.339 e. The van der Waals surface area contributed by atoms with Gasteiger partial charge in [0.2, 0.25) is 0 Å². The van der Waals surface area contributed by atoms with Gasteiger partial charge in [-0.15, -0.1) is 0 Å². The normalized spacial score (nSPS) is 20.9. The summed E-state index contributed by atoms with van der Waals surface area (Å²) in [7, 11) is 1.31. The zero-order valence-corrected chi connectivity index (χ0v) is 10.7. The molecule has 0 unspecified atom stereocenters. The van der Waals surface area contributed by atoms with E-state index in [1.807, 2.05) is 0 Å². The van der Waals surface area contributed by atoms with Gasteiger partial charge >= 0.3 is 11.9 Å². The minimum absolute atomic E-state index is 0.380. The largest absolute Gasteiger partial charge is 0.468 e. The van der Waals surface area contributed by atoms with E-state index in [1.54, 1.807) is 36.4 Å². The van der Waals surface area contributed by atoms with Crippen molar-refractivity contribution in [3.05, 3.63) is 59.5 Å². The Balaban J connectivity index is 2.13. The lowest BCUT2D eigenvalue weighted by molar-refractivity contribution is -0.146. The Labute approximate surface area is 115 Å². The SMILES string of the molecule is COC(=O)[C@@H]1c2ccccc2C(=O)O[C@H]1c1ccco1. The number of furan rings is 1. The number of benzene rings is 1. The number of carbonyl (C=O) groups is 2. The number of fused-ring (bicyclic) bond motifs is 1. The van der Waals surface area contributed by atoms with E-state index in [9.17, 15) is 9.59 Å². The summed E-state index contributed by atoms with van der Waals surface area (Å²) in [4.78, 5) is 24.1. The highest BCUT2D eigenvalue weighted by Gasteiger charge is 2.43. The summed E-state index contributed by atoms with van der Waals surface area (Å²) in [6.07, 6.45) is 0.665. The minimum atomic E-state index is -0.806. The van der Waals surface area contributed by atoms with Gasteiger partial charge in [-0.3, -0.25) is 4.79 Å². The van der Waals surface area contributed by atoms with E-state index in [0.717, 1.165) is 0 Å². The Bertz CT molecular complexity index is 644. The second-order valence-corrected chi connectivity index (χ2v) is 4.43. The van der Waals surface area contributed by atoms with Crippen molar-refractivity contribution in [2.75, 3.05) is 7.11 Å². The molecule has 20 heavy (non-hydrogen) atoms. The second kappa shape index (κ2) is 4.85. The summed E-state index contributed by atoms with van der Waals surface area (Å²) in [5, 5.41) is 0. The van der Waals surface area contributed by atoms with Gasteiger partial charge in [-0.1, -0.05) is 18.2 Å². The number of rotatable bonds is 2. The van der Waals surface area contributed by atoms with Crippen molar-refractivity contribution < 1.29 is 23.5 Å². The van der Waals surface area contributed by atoms with Crippen LogP contribution in [0.5, 0.6) is 0 Å². The van der Waals surface area contributed by atoms with Gasteiger partial charge in [0.25, 0.3) is 0 Å². The third kappa shape index (κ3) is 1.87. The van der Waals surface area contributed by atoms with Crippen molar-refractivity contribution in [3.8, 4) is 0 Å². The zero-order valence-electron chi connectivity index (χ0n) is 10.7. The molecule has 0 bridgehead atoms. The van der Waals surface area contributed by atoms with Crippen molar-refractivity contribution in [2.45, 2.75) is 12.0 Å². The molecule has 1 aliphatic rings. The maximum Gasteiger partial charge on any atom is 0.339 e. The fourth-order valence-corrected chi connectivity index (χ4v) is 2.42. The summed E-state index contributed by atoms with van der Waals surface area (Å²) in [5.74, 6) is -1.24. The molecule has 2 aromatic rings. The molecular weight excluding hydrogens is 260 g/mol. The van der Waals surface area contributed by atoms with Gasteiger partial charge in [-0.05, 0) is 23.8 Å². The molecule has 3 rings (SSSR count). The highest BCUT2D eigenvalue weighted by molar-refractivity contribution is 5.96. The molecule has 0 radical (unpaired) electrons. The molecule has 0 amide bonds. The highest BCUT2D eigenvalue weighted by Crippen LogP contribution is 2.41. The topological polar surface area (TPSA) is 65.7 Å². The third-order valence-electron chi connectivity index (χ3n) is 3.33. The summed E-state index contributed by atoms with van der Waals surface area (Å²) in [5.41, 5.74) is 0.975. The first-order valence-corrected chi connectivity index (χ1v) is 6.13. The van der Waals surface area contributed by atoms with Crippen LogP contribution < -0.4 is 0 Å². The van der Waals surface area contributed by atoms with Gasteiger partial charge in [-0.2, -0.15) is 0 Å². The molecule has 0 fully saturated rings. The number of carbonyl (C=O) groups excluding carboxylic acids is 2. The van der Waals surface area contributed by atoms with Gasteiger partial charge in [-0.25, -0.2) is 4.79 Å². The Morgan fingerprint density at radius 1 is 1.20 bits per heavy atom. The predicted molar refractivity (Wildman–Crippen MR) is 68.1 cm³/mol. The fourth-order valence-electron chi connectivity index (χ4n) is 2.42. The Morgan fingerprint density at radius 3 is 2.70 bits per heavy atom. The summed E-state index contributed by atoms with van der Waals surface area (Å²) in [6.45, 7) is 0. The lowest BCUT2D eigenvalue weighted by Gasteiger charge is -2.29. The van der Waals surface area contributed by atoms with Crippen LogP contribution in [0.1, 0.15) is 33.7 Å². The van der Waals surface area contributed by atoms with Gasteiger partial charge in [0.1, 0.15) is 11.7 Å². The number of ether oxygens (including phenoxy) is 2. The van der Waals surface area contributed by atoms with E-state index in [4.69, 9.17) is 13.9 Å². The van der Waals surface area contributed by atoms with Crippen molar-refractivity contribution in [3.63, 3.8) is 0 Å². The fraction of sp³-hybridized carbons (Fsp3) is 0.200. The number of hydrogen-bond donors (Lipinski definition) is 0. The Morgan fingerprint density at radius 2 is 2.00 bits per heavy atom. The van der Waals surface area contributed by atoms with E-state index in [2.05, 4.69) is 0 Å². The van der Waals surface area contributed by atoms with Gasteiger partial charge in [0.05, 0.1) is 18.9 Å². The zero-order chi connectivity index (χ0) is 14.1. The van der Waals surface area contributed by atoms with Crippen molar-refractivity contribution >= 4 is 11.9 Å². The van der Waals surface area contributed by atoms with E-state index in [1.165, 1.54) is 13.4 Å². The first kappa shape index (κ1) is 12.5. The third-order valence-corrected chi connectivity index (χ3v) is 3.33. The van der Waals surface area contributed by atoms with E-state index in [-0.39, 0.29) is 0 Å². The standard InChI is InChI=1S/C15H12O5/c1-18-15(17)12-9-5-2-3-6-10(9)14(16)20-13(12)11-7-4-8-19-11/h2-8,12-13H,1H3/t12-,13+/m1/s1. The molecule has 1 aromatic heterocycles. The first-order valence-electron chi connectivity index (χ1n) is 6.13. The number of hydrogen-bond acceptors (Lipinski definition) is 5. The van der Waals surface area contributed by atoms with Crippen LogP contribution in [-0.2, 0) is 14.3 Å².